The summed E-state index contributed by atoms with van der Waals surface area (Å²) in [4.78, 5) is 22.1. The van der Waals surface area contributed by atoms with Gasteiger partial charge in [-0.25, -0.2) is 0 Å². The van der Waals surface area contributed by atoms with Crippen LogP contribution in [0.15, 0.2) is 0 Å². The van der Waals surface area contributed by atoms with Crippen LogP contribution >= 0.6 is 0 Å². The maximum absolute atomic E-state index is 11.5. The summed E-state index contributed by atoms with van der Waals surface area (Å²) in [6.07, 6.45) is 3.78. The zero-order valence-electron chi connectivity index (χ0n) is 12.6. The number of methoxy groups -OCH3 is 1. The van der Waals surface area contributed by atoms with Crippen LogP contribution in [0.25, 0.3) is 0 Å². The third kappa shape index (κ3) is 11.9. The minimum atomic E-state index is -0.752. The third-order valence-electron chi connectivity index (χ3n) is 3.11. The van der Waals surface area contributed by atoms with Gasteiger partial charge in [-0.1, -0.05) is 19.8 Å². The first kappa shape index (κ1) is 18.9. The molecule has 20 heavy (non-hydrogen) atoms. The molecule has 0 aromatic heterocycles. The monoisotopic (exact) mass is 288 g/mol. The van der Waals surface area contributed by atoms with E-state index in [-0.39, 0.29) is 18.9 Å². The van der Waals surface area contributed by atoms with E-state index in [2.05, 4.69) is 17.6 Å². The highest BCUT2D eigenvalue weighted by atomic mass is 16.5. The van der Waals surface area contributed by atoms with E-state index < -0.39 is 5.97 Å². The topological polar surface area (TPSA) is 87.7 Å². The van der Waals surface area contributed by atoms with Gasteiger partial charge in [0.1, 0.15) is 0 Å². The molecule has 0 rings (SSSR count). The van der Waals surface area contributed by atoms with Crippen LogP contribution in [-0.4, -0.2) is 50.3 Å². The van der Waals surface area contributed by atoms with Crippen molar-refractivity contribution >= 4 is 11.9 Å². The van der Waals surface area contributed by atoms with Crippen LogP contribution in [0, 0.1) is 5.92 Å². The number of amides is 1. The Labute approximate surface area is 121 Å². The van der Waals surface area contributed by atoms with Crippen molar-refractivity contribution in [2.75, 3.05) is 33.4 Å². The lowest BCUT2D eigenvalue weighted by atomic mass is 9.94. The maximum Gasteiger partial charge on any atom is 0.303 e. The molecule has 0 aliphatic rings. The number of hydrogen-bond acceptors (Lipinski definition) is 4. The van der Waals surface area contributed by atoms with Crippen LogP contribution in [-0.2, 0) is 14.3 Å². The Hall–Kier alpha value is -1.14. The predicted octanol–water partition coefficient (Wildman–Crippen LogP) is 1.01. The van der Waals surface area contributed by atoms with Gasteiger partial charge in [-0.15, -0.1) is 0 Å². The van der Waals surface area contributed by atoms with Crippen molar-refractivity contribution in [3.63, 3.8) is 0 Å². The molecule has 1 atom stereocenters. The standard InChI is InChI=1S/C14H28N2O4/c1-3-4-12(5-6-14(18)19)7-8-16-13(17)11-15-9-10-20-2/h12,15H,3-11H2,1-2H3,(H,16,17)(H,18,19). The van der Waals surface area contributed by atoms with Crippen molar-refractivity contribution in [1.82, 2.24) is 10.6 Å². The first-order chi connectivity index (χ1) is 9.60. The number of aliphatic carboxylic acids is 1. The molecule has 3 N–H and O–H groups in total. The fourth-order valence-corrected chi connectivity index (χ4v) is 2.02. The van der Waals surface area contributed by atoms with Crippen LogP contribution in [0.1, 0.15) is 39.0 Å². The van der Waals surface area contributed by atoms with Gasteiger partial charge in [0.2, 0.25) is 5.91 Å². The van der Waals surface area contributed by atoms with Gasteiger partial charge in [-0.3, -0.25) is 9.59 Å². The molecule has 0 bridgehead atoms. The molecule has 118 valence electrons. The van der Waals surface area contributed by atoms with E-state index in [1.165, 1.54) is 0 Å². The van der Waals surface area contributed by atoms with Crippen LogP contribution < -0.4 is 10.6 Å². The second kappa shape index (κ2) is 12.9. The molecular weight excluding hydrogens is 260 g/mol. The van der Waals surface area contributed by atoms with Crippen molar-refractivity contribution in [2.24, 2.45) is 5.92 Å². The highest BCUT2D eigenvalue weighted by Crippen LogP contribution is 2.16. The summed E-state index contributed by atoms with van der Waals surface area (Å²) in [5.41, 5.74) is 0. The summed E-state index contributed by atoms with van der Waals surface area (Å²) in [6.45, 7) is 4.22. The Balaban J connectivity index is 3.69. The van der Waals surface area contributed by atoms with E-state index in [9.17, 15) is 9.59 Å². The zero-order valence-corrected chi connectivity index (χ0v) is 12.6. The van der Waals surface area contributed by atoms with E-state index >= 15 is 0 Å². The Bertz CT molecular complexity index is 272. The molecule has 1 amide bonds. The molecule has 0 heterocycles. The molecule has 0 fully saturated rings. The van der Waals surface area contributed by atoms with Crippen LogP contribution in [0.2, 0.25) is 0 Å². The molecular formula is C14H28N2O4. The quantitative estimate of drug-likeness (QED) is 0.440. The summed E-state index contributed by atoms with van der Waals surface area (Å²) >= 11 is 0. The van der Waals surface area contributed by atoms with Crippen LogP contribution in [0.3, 0.4) is 0 Å². The van der Waals surface area contributed by atoms with Crippen molar-refractivity contribution in [1.29, 1.82) is 0 Å². The molecule has 0 radical (unpaired) electrons. The van der Waals surface area contributed by atoms with Gasteiger partial charge in [0.25, 0.3) is 0 Å². The summed E-state index contributed by atoms with van der Waals surface area (Å²) in [5, 5.41) is 14.5. The second-order valence-corrected chi connectivity index (χ2v) is 4.90. The molecule has 0 aliphatic carbocycles. The SMILES string of the molecule is CCCC(CCNC(=O)CNCCOC)CCC(=O)O. The van der Waals surface area contributed by atoms with Crippen LogP contribution in [0.5, 0.6) is 0 Å². The lowest BCUT2D eigenvalue weighted by Gasteiger charge is -2.15. The van der Waals surface area contributed by atoms with E-state index in [0.717, 1.165) is 19.3 Å². The lowest BCUT2D eigenvalue weighted by molar-refractivity contribution is -0.137. The number of ether oxygens (including phenoxy) is 1. The third-order valence-corrected chi connectivity index (χ3v) is 3.11. The second-order valence-electron chi connectivity index (χ2n) is 4.90. The van der Waals surface area contributed by atoms with E-state index in [4.69, 9.17) is 9.84 Å². The summed E-state index contributed by atoms with van der Waals surface area (Å²) in [6, 6.07) is 0. The Morgan fingerprint density at radius 2 is 1.95 bits per heavy atom. The predicted molar refractivity (Wildman–Crippen MR) is 77.6 cm³/mol. The first-order valence-corrected chi connectivity index (χ1v) is 7.28. The summed E-state index contributed by atoms with van der Waals surface area (Å²) in [5.74, 6) is -0.412. The van der Waals surface area contributed by atoms with Crippen molar-refractivity contribution in [3.05, 3.63) is 0 Å². The Kier molecular flexibility index (Phi) is 12.1. The molecule has 0 aliphatic heterocycles. The van der Waals surface area contributed by atoms with E-state index in [0.29, 0.717) is 32.0 Å². The number of carbonyl (C=O) groups excluding carboxylic acids is 1. The highest BCUT2D eigenvalue weighted by Gasteiger charge is 2.10. The normalized spacial score (nSPS) is 12.1. The average molecular weight is 288 g/mol. The Morgan fingerprint density at radius 3 is 2.55 bits per heavy atom. The van der Waals surface area contributed by atoms with Gasteiger partial charge in [0.15, 0.2) is 0 Å². The van der Waals surface area contributed by atoms with Gasteiger partial charge < -0.3 is 20.5 Å². The molecule has 0 aromatic rings. The van der Waals surface area contributed by atoms with E-state index in [1.54, 1.807) is 7.11 Å². The number of hydrogen-bond donors (Lipinski definition) is 3. The highest BCUT2D eigenvalue weighted by molar-refractivity contribution is 5.77. The largest absolute Gasteiger partial charge is 0.481 e. The zero-order chi connectivity index (χ0) is 15.2. The van der Waals surface area contributed by atoms with E-state index in [1.807, 2.05) is 0 Å². The molecule has 1 unspecified atom stereocenters. The van der Waals surface area contributed by atoms with Gasteiger partial charge >= 0.3 is 5.97 Å². The summed E-state index contributed by atoms with van der Waals surface area (Å²) < 4.78 is 4.87. The fraction of sp³-hybridized carbons (Fsp3) is 0.857. The van der Waals surface area contributed by atoms with Gasteiger partial charge in [-0.05, 0) is 18.8 Å². The van der Waals surface area contributed by atoms with Crippen LogP contribution in [0.4, 0.5) is 0 Å². The van der Waals surface area contributed by atoms with Gasteiger partial charge in [0, 0.05) is 26.6 Å². The minimum absolute atomic E-state index is 0.0328. The molecule has 0 saturated heterocycles. The number of carboxylic acids is 1. The average Bonchev–Trinajstić information content (AvgIpc) is 2.41. The minimum Gasteiger partial charge on any atom is -0.481 e. The number of carboxylic acid groups (broad SMARTS) is 1. The number of rotatable bonds is 13. The smallest absolute Gasteiger partial charge is 0.303 e. The number of carbonyl (C=O) groups is 2. The molecule has 0 aromatic carbocycles. The summed E-state index contributed by atoms with van der Waals surface area (Å²) in [7, 11) is 1.62. The number of nitrogens with one attached hydrogen (secondary N) is 2. The maximum atomic E-state index is 11.5. The molecule has 6 heteroatoms. The van der Waals surface area contributed by atoms with Crippen molar-refractivity contribution in [2.45, 2.75) is 39.0 Å². The molecule has 0 spiro atoms. The molecule has 0 saturated carbocycles. The van der Waals surface area contributed by atoms with Gasteiger partial charge in [0.05, 0.1) is 13.2 Å². The fourth-order valence-electron chi connectivity index (χ4n) is 2.02. The Morgan fingerprint density at radius 1 is 1.20 bits per heavy atom. The van der Waals surface area contributed by atoms with Crippen molar-refractivity contribution < 1.29 is 19.4 Å². The lowest BCUT2D eigenvalue weighted by Crippen LogP contribution is -2.36. The van der Waals surface area contributed by atoms with Crippen molar-refractivity contribution in [3.8, 4) is 0 Å². The molecule has 6 nitrogen and oxygen atoms in total. The van der Waals surface area contributed by atoms with Gasteiger partial charge in [-0.2, -0.15) is 0 Å². The first-order valence-electron chi connectivity index (χ1n) is 7.28.